The monoisotopic (exact) mass is 316 g/mol. The molecule has 20 heavy (non-hydrogen) atoms. The SMILES string of the molecule is COCC(=O)N1CC(=O)N(c2cc(Cl)cc(Cl)c2)C1=O. The van der Waals surface area contributed by atoms with E-state index in [-0.39, 0.29) is 28.9 Å². The zero-order valence-electron chi connectivity index (χ0n) is 10.4. The van der Waals surface area contributed by atoms with Crippen molar-refractivity contribution in [2.24, 2.45) is 0 Å². The third-order valence-corrected chi connectivity index (χ3v) is 3.08. The molecule has 0 atom stereocenters. The first-order valence-electron chi connectivity index (χ1n) is 5.56. The van der Waals surface area contributed by atoms with Crippen LogP contribution in [0.2, 0.25) is 10.0 Å². The number of rotatable bonds is 3. The molecule has 1 fully saturated rings. The zero-order chi connectivity index (χ0) is 14.9. The van der Waals surface area contributed by atoms with Gasteiger partial charge in [-0.25, -0.2) is 9.69 Å². The Balaban J connectivity index is 2.31. The highest BCUT2D eigenvalue weighted by Crippen LogP contribution is 2.28. The van der Waals surface area contributed by atoms with Crippen molar-refractivity contribution >= 4 is 46.7 Å². The molecule has 0 aromatic heterocycles. The molecule has 0 bridgehead atoms. The highest BCUT2D eigenvalue weighted by Gasteiger charge is 2.40. The standard InChI is InChI=1S/C12H10Cl2N2O4/c1-20-6-11(18)15-5-10(17)16(12(15)19)9-3-7(13)2-8(14)4-9/h2-4H,5-6H2,1H3. The Kier molecular flexibility index (Phi) is 4.27. The molecule has 6 nitrogen and oxygen atoms in total. The number of amides is 4. The molecule has 4 amide bonds. The lowest BCUT2D eigenvalue weighted by atomic mass is 10.3. The van der Waals surface area contributed by atoms with Crippen LogP contribution in [-0.2, 0) is 14.3 Å². The fourth-order valence-corrected chi connectivity index (χ4v) is 2.33. The summed E-state index contributed by atoms with van der Waals surface area (Å²) in [6.07, 6.45) is 0. The van der Waals surface area contributed by atoms with E-state index in [1.165, 1.54) is 25.3 Å². The summed E-state index contributed by atoms with van der Waals surface area (Å²) < 4.78 is 4.66. The minimum absolute atomic E-state index is 0.227. The third kappa shape index (κ3) is 2.77. The minimum atomic E-state index is -0.740. The van der Waals surface area contributed by atoms with Crippen LogP contribution in [0.25, 0.3) is 0 Å². The molecule has 0 spiro atoms. The zero-order valence-corrected chi connectivity index (χ0v) is 11.9. The predicted molar refractivity (Wildman–Crippen MR) is 72.9 cm³/mol. The number of carbonyl (C=O) groups is 3. The van der Waals surface area contributed by atoms with Gasteiger partial charge in [0, 0.05) is 17.2 Å². The second-order valence-corrected chi connectivity index (χ2v) is 4.93. The van der Waals surface area contributed by atoms with Gasteiger partial charge in [-0.05, 0) is 18.2 Å². The maximum Gasteiger partial charge on any atom is 0.338 e. The maximum absolute atomic E-state index is 12.1. The van der Waals surface area contributed by atoms with Gasteiger partial charge in [-0.15, -0.1) is 0 Å². The summed E-state index contributed by atoms with van der Waals surface area (Å²) >= 11 is 11.7. The van der Waals surface area contributed by atoms with Gasteiger partial charge in [0.2, 0.25) is 0 Å². The van der Waals surface area contributed by atoms with E-state index < -0.39 is 17.8 Å². The number of carbonyl (C=O) groups excluding carboxylic acids is 3. The van der Waals surface area contributed by atoms with Gasteiger partial charge in [0.15, 0.2) is 0 Å². The number of halogens is 2. The van der Waals surface area contributed by atoms with Crippen LogP contribution in [0.1, 0.15) is 0 Å². The summed E-state index contributed by atoms with van der Waals surface area (Å²) in [4.78, 5) is 37.4. The Morgan fingerprint density at radius 3 is 2.40 bits per heavy atom. The van der Waals surface area contributed by atoms with Crippen molar-refractivity contribution in [1.82, 2.24) is 4.90 Å². The van der Waals surface area contributed by atoms with Crippen molar-refractivity contribution in [3.8, 4) is 0 Å². The molecule has 0 radical (unpaired) electrons. The van der Waals surface area contributed by atoms with E-state index in [1.807, 2.05) is 0 Å². The molecule has 2 rings (SSSR count). The summed E-state index contributed by atoms with van der Waals surface area (Å²) in [5.74, 6) is -1.11. The van der Waals surface area contributed by atoms with Crippen molar-refractivity contribution in [3.05, 3.63) is 28.2 Å². The van der Waals surface area contributed by atoms with Crippen LogP contribution in [-0.4, -0.2) is 43.0 Å². The van der Waals surface area contributed by atoms with Gasteiger partial charge in [0.1, 0.15) is 13.2 Å². The molecule has 1 aliphatic heterocycles. The summed E-state index contributed by atoms with van der Waals surface area (Å²) in [6, 6.07) is 3.59. The number of ether oxygens (including phenoxy) is 1. The Morgan fingerprint density at radius 1 is 1.25 bits per heavy atom. The molecule has 1 aliphatic rings. The van der Waals surface area contributed by atoms with E-state index >= 15 is 0 Å². The summed E-state index contributed by atoms with van der Waals surface area (Å²) in [7, 11) is 1.33. The van der Waals surface area contributed by atoms with Gasteiger partial charge < -0.3 is 4.74 Å². The van der Waals surface area contributed by atoms with Crippen molar-refractivity contribution in [1.29, 1.82) is 0 Å². The number of hydrogen-bond donors (Lipinski definition) is 0. The molecule has 1 aromatic rings. The number of hydrogen-bond acceptors (Lipinski definition) is 4. The van der Waals surface area contributed by atoms with Crippen LogP contribution in [0, 0.1) is 0 Å². The number of urea groups is 1. The third-order valence-electron chi connectivity index (χ3n) is 2.64. The molecule has 0 unspecified atom stereocenters. The first-order chi connectivity index (χ1) is 9.43. The number of imide groups is 2. The average molecular weight is 317 g/mol. The Labute approximate surface area is 124 Å². The highest BCUT2D eigenvalue weighted by molar-refractivity contribution is 6.35. The first-order valence-corrected chi connectivity index (χ1v) is 6.32. The van der Waals surface area contributed by atoms with Gasteiger partial charge in [-0.2, -0.15) is 0 Å². The summed E-state index contributed by atoms with van der Waals surface area (Å²) in [6.45, 7) is -0.603. The molecular weight excluding hydrogens is 307 g/mol. The van der Waals surface area contributed by atoms with Crippen LogP contribution in [0.5, 0.6) is 0 Å². The number of anilines is 1. The Bertz CT molecular complexity index is 571. The molecule has 8 heteroatoms. The Hall–Kier alpha value is -1.63. The van der Waals surface area contributed by atoms with Crippen molar-refractivity contribution in [2.75, 3.05) is 25.2 Å². The summed E-state index contributed by atoms with van der Waals surface area (Å²) in [5, 5.41) is 0.574. The minimum Gasteiger partial charge on any atom is -0.375 e. The highest BCUT2D eigenvalue weighted by atomic mass is 35.5. The predicted octanol–water partition coefficient (Wildman–Crippen LogP) is 1.93. The molecule has 1 saturated heterocycles. The molecule has 0 N–H and O–H groups in total. The fourth-order valence-electron chi connectivity index (χ4n) is 1.82. The van der Waals surface area contributed by atoms with Gasteiger partial charge in [0.05, 0.1) is 5.69 Å². The van der Waals surface area contributed by atoms with Gasteiger partial charge in [-0.1, -0.05) is 23.2 Å². The largest absolute Gasteiger partial charge is 0.375 e. The second kappa shape index (κ2) is 5.78. The fraction of sp³-hybridized carbons (Fsp3) is 0.250. The van der Waals surface area contributed by atoms with Crippen LogP contribution in [0.15, 0.2) is 18.2 Å². The normalized spacial score (nSPS) is 15.2. The second-order valence-electron chi connectivity index (χ2n) is 4.05. The van der Waals surface area contributed by atoms with Crippen LogP contribution in [0.3, 0.4) is 0 Å². The smallest absolute Gasteiger partial charge is 0.338 e. The van der Waals surface area contributed by atoms with Gasteiger partial charge >= 0.3 is 6.03 Å². The molecule has 0 saturated carbocycles. The topological polar surface area (TPSA) is 66.9 Å². The van der Waals surface area contributed by atoms with Crippen LogP contribution >= 0.6 is 23.2 Å². The number of methoxy groups -OCH3 is 1. The lowest BCUT2D eigenvalue weighted by molar-refractivity contribution is -0.133. The van der Waals surface area contributed by atoms with Crippen molar-refractivity contribution < 1.29 is 19.1 Å². The molecule has 1 heterocycles. The average Bonchev–Trinajstić information content (AvgIpc) is 2.64. The van der Waals surface area contributed by atoms with E-state index in [0.717, 1.165) is 9.80 Å². The van der Waals surface area contributed by atoms with Gasteiger partial charge in [-0.3, -0.25) is 14.5 Å². The van der Waals surface area contributed by atoms with Gasteiger partial charge in [0.25, 0.3) is 11.8 Å². The molecule has 106 valence electrons. The molecule has 1 aromatic carbocycles. The van der Waals surface area contributed by atoms with E-state index in [9.17, 15) is 14.4 Å². The lowest BCUT2D eigenvalue weighted by Crippen LogP contribution is -2.38. The van der Waals surface area contributed by atoms with E-state index in [2.05, 4.69) is 4.74 Å². The van der Waals surface area contributed by atoms with Crippen molar-refractivity contribution in [3.63, 3.8) is 0 Å². The number of nitrogens with zero attached hydrogens (tertiary/aromatic N) is 2. The molecular formula is C12H10Cl2N2O4. The number of benzene rings is 1. The summed E-state index contributed by atoms with van der Waals surface area (Å²) in [5.41, 5.74) is 0.227. The first kappa shape index (κ1) is 14.8. The van der Waals surface area contributed by atoms with Crippen LogP contribution in [0.4, 0.5) is 10.5 Å². The Morgan fingerprint density at radius 2 is 1.85 bits per heavy atom. The lowest BCUT2D eigenvalue weighted by Gasteiger charge is -2.16. The van der Waals surface area contributed by atoms with E-state index in [1.54, 1.807) is 0 Å². The van der Waals surface area contributed by atoms with Crippen LogP contribution < -0.4 is 4.90 Å². The maximum atomic E-state index is 12.1. The quantitative estimate of drug-likeness (QED) is 0.799. The molecule has 0 aliphatic carbocycles. The van der Waals surface area contributed by atoms with E-state index in [0.29, 0.717) is 0 Å². The van der Waals surface area contributed by atoms with E-state index in [4.69, 9.17) is 23.2 Å². The van der Waals surface area contributed by atoms with Crippen molar-refractivity contribution in [2.45, 2.75) is 0 Å².